The van der Waals surface area contributed by atoms with E-state index in [1.54, 1.807) is 13.0 Å². The number of hydrogen-bond donors (Lipinski definition) is 4. The molecule has 0 saturated heterocycles. The van der Waals surface area contributed by atoms with E-state index in [-0.39, 0.29) is 11.5 Å². The first-order valence-electron chi connectivity index (χ1n) is 6.03. The van der Waals surface area contributed by atoms with Crippen LogP contribution in [0.4, 0.5) is 10.5 Å². The Labute approximate surface area is 116 Å². The van der Waals surface area contributed by atoms with Gasteiger partial charge in [-0.05, 0) is 30.7 Å². The number of rotatable bonds is 5. The topological polar surface area (TPSA) is 108 Å². The summed E-state index contributed by atoms with van der Waals surface area (Å²) in [7, 11) is 0. The van der Waals surface area contributed by atoms with E-state index in [4.69, 9.17) is 5.11 Å². The molecule has 1 rings (SSSR count). The zero-order valence-corrected chi connectivity index (χ0v) is 11.3. The minimum Gasteiger partial charge on any atom is -0.478 e. The molecule has 4 N–H and O–H groups in total. The van der Waals surface area contributed by atoms with Crippen molar-refractivity contribution in [3.8, 4) is 0 Å². The summed E-state index contributed by atoms with van der Waals surface area (Å²) in [4.78, 5) is 33.0. The van der Waals surface area contributed by atoms with Gasteiger partial charge in [0.25, 0.3) is 0 Å². The van der Waals surface area contributed by atoms with Crippen molar-refractivity contribution in [2.45, 2.75) is 13.8 Å². The number of urea groups is 1. The largest absolute Gasteiger partial charge is 0.478 e. The molecule has 108 valence electrons. The molecule has 0 aliphatic rings. The molecule has 0 unspecified atom stereocenters. The van der Waals surface area contributed by atoms with Gasteiger partial charge >= 0.3 is 12.0 Å². The predicted octanol–water partition coefficient (Wildman–Crippen LogP) is 0.951. The maximum absolute atomic E-state index is 11.5. The smallest absolute Gasteiger partial charge is 0.335 e. The van der Waals surface area contributed by atoms with Gasteiger partial charge in [0.2, 0.25) is 5.91 Å². The van der Waals surface area contributed by atoms with Gasteiger partial charge in [0, 0.05) is 25.7 Å². The van der Waals surface area contributed by atoms with Gasteiger partial charge < -0.3 is 21.1 Å². The molecule has 0 heterocycles. The van der Waals surface area contributed by atoms with Crippen LogP contribution in [0.3, 0.4) is 0 Å². The van der Waals surface area contributed by atoms with E-state index in [0.29, 0.717) is 24.3 Å². The fraction of sp³-hybridized carbons (Fsp3) is 0.308. The Bertz CT molecular complexity index is 528. The minimum absolute atomic E-state index is 0.160. The first-order chi connectivity index (χ1) is 9.40. The predicted molar refractivity (Wildman–Crippen MR) is 73.8 cm³/mol. The zero-order chi connectivity index (χ0) is 15.1. The molecular weight excluding hydrogens is 262 g/mol. The number of carbonyl (C=O) groups is 3. The van der Waals surface area contributed by atoms with Crippen LogP contribution in [0.1, 0.15) is 22.8 Å². The lowest BCUT2D eigenvalue weighted by atomic mass is 10.1. The average Bonchev–Trinajstić information content (AvgIpc) is 2.34. The summed E-state index contributed by atoms with van der Waals surface area (Å²) >= 11 is 0. The van der Waals surface area contributed by atoms with Crippen LogP contribution in [0.5, 0.6) is 0 Å². The summed E-state index contributed by atoms with van der Waals surface area (Å²) in [6.45, 7) is 3.70. The van der Waals surface area contributed by atoms with Crippen LogP contribution in [0, 0.1) is 6.92 Å². The summed E-state index contributed by atoms with van der Waals surface area (Å²) in [6, 6.07) is 4.11. The second-order valence-corrected chi connectivity index (χ2v) is 4.20. The van der Waals surface area contributed by atoms with E-state index >= 15 is 0 Å². The number of carboxylic acids is 1. The molecule has 0 saturated carbocycles. The Kier molecular flexibility index (Phi) is 5.52. The van der Waals surface area contributed by atoms with Crippen molar-refractivity contribution < 1.29 is 19.5 Å². The maximum atomic E-state index is 11.5. The van der Waals surface area contributed by atoms with E-state index in [0.717, 1.165) is 0 Å². The van der Waals surface area contributed by atoms with Crippen molar-refractivity contribution in [1.29, 1.82) is 0 Å². The van der Waals surface area contributed by atoms with Crippen LogP contribution in [-0.4, -0.2) is 36.1 Å². The normalized spacial score (nSPS) is 9.70. The minimum atomic E-state index is -1.01. The van der Waals surface area contributed by atoms with Gasteiger partial charge in [-0.1, -0.05) is 0 Å². The van der Waals surface area contributed by atoms with Gasteiger partial charge in [-0.25, -0.2) is 9.59 Å². The maximum Gasteiger partial charge on any atom is 0.335 e. The lowest BCUT2D eigenvalue weighted by molar-refractivity contribution is -0.118. The van der Waals surface area contributed by atoms with Crippen LogP contribution in [0.25, 0.3) is 0 Å². The first-order valence-corrected chi connectivity index (χ1v) is 6.03. The summed E-state index contributed by atoms with van der Waals surface area (Å²) in [5.74, 6) is -1.17. The van der Waals surface area contributed by atoms with Crippen LogP contribution < -0.4 is 16.0 Å². The number of aryl methyl sites for hydroxylation is 1. The number of aromatic carboxylic acids is 1. The fourth-order valence-corrected chi connectivity index (χ4v) is 1.57. The Morgan fingerprint density at radius 3 is 2.35 bits per heavy atom. The van der Waals surface area contributed by atoms with Crippen molar-refractivity contribution in [1.82, 2.24) is 10.6 Å². The van der Waals surface area contributed by atoms with Crippen LogP contribution in [0.15, 0.2) is 18.2 Å². The Balaban J connectivity index is 2.48. The molecule has 0 bridgehead atoms. The second-order valence-electron chi connectivity index (χ2n) is 4.20. The molecule has 0 aliphatic heterocycles. The van der Waals surface area contributed by atoms with Gasteiger partial charge in [0.15, 0.2) is 0 Å². The number of benzene rings is 1. The Hall–Kier alpha value is -2.57. The van der Waals surface area contributed by atoms with E-state index in [1.807, 2.05) is 0 Å². The summed E-state index contributed by atoms with van der Waals surface area (Å²) in [5.41, 5.74) is 1.26. The number of carboxylic acid groups (broad SMARTS) is 1. The second kappa shape index (κ2) is 7.13. The highest BCUT2D eigenvalue weighted by atomic mass is 16.4. The molecule has 7 nitrogen and oxygen atoms in total. The number of anilines is 1. The zero-order valence-electron chi connectivity index (χ0n) is 11.3. The van der Waals surface area contributed by atoms with Gasteiger partial charge in [-0.3, -0.25) is 4.79 Å². The van der Waals surface area contributed by atoms with Crippen molar-refractivity contribution in [2.75, 3.05) is 18.4 Å². The number of hydrogen-bond acceptors (Lipinski definition) is 3. The molecule has 1 aromatic rings. The SMILES string of the molecule is CC(=O)NCCNC(=O)Nc1ccc(C(=O)O)c(C)c1. The first kappa shape index (κ1) is 15.5. The number of amides is 3. The van der Waals surface area contributed by atoms with Gasteiger partial charge in [-0.2, -0.15) is 0 Å². The molecule has 20 heavy (non-hydrogen) atoms. The third kappa shape index (κ3) is 4.97. The van der Waals surface area contributed by atoms with Gasteiger partial charge in [-0.15, -0.1) is 0 Å². The van der Waals surface area contributed by atoms with Crippen LogP contribution >= 0.6 is 0 Å². The lowest BCUT2D eigenvalue weighted by Crippen LogP contribution is -2.36. The van der Waals surface area contributed by atoms with Crippen molar-refractivity contribution in [2.24, 2.45) is 0 Å². The van der Waals surface area contributed by atoms with E-state index in [2.05, 4.69) is 16.0 Å². The van der Waals surface area contributed by atoms with Crippen molar-refractivity contribution in [3.05, 3.63) is 29.3 Å². The highest BCUT2D eigenvalue weighted by Crippen LogP contribution is 2.14. The highest BCUT2D eigenvalue weighted by molar-refractivity contribution is 5.92. The van der Waals surface area contributed by atoms with E-state index in [9.17, 15) is 14.4 Å². The molecule has 0 fully saturated rings. The molecular formula is C13H17N3O4. The number of carbonyl (C=O) groups excluding carboxylic acids is 2. The van der Waals surface area contributed by atoms with Crippen molar-refractivity contribution in [3.63, 3.8) is 0 Å². The van der Waals surface area contributed by atoms with Crippen LogP contribution in [-0.2, 0) is 4.79 Å². The third-order valence-corrected chi connectivity index (χ3v) is 2.50. The van der Waals surface area contributed by atoms with Crippen LogP contribution in [0.2, 0.25) is 0 Å². The summed E-state index contributed by atoms with van der Waals surface area (Å²) in [6.07, 6.45) is 0. The quantitative estimate of drug-likeness (QED) is 0.602. The Morgan fingerprint density at radius 1 is 1.15 bits per heavy atom. The average molecular weight is 279 g/mol. The summed E-state index contributed by atoms with van der Waals surface area (Å²) < 4.78 is 0. The molecule has 7 heteroatoms. The summed E-state index contributed by atoms with van der Waals surface area (Å²) in [5, 5.41) is 16.6. The van der Waals surface area contributed by atoms with E-state index < -0.39 is 12.0 Å². The van der Waals surface area contributed by atoms with Gasteiger partial charge in [0.1, 0.15) is 0 Å². The fourth-order valence-electron chi connectivity index (χ4n) is 1.57. The lowest BCUT2D eigenvalue weighted by Gasteiger charge is -2.09. The molecule has 0 aliphatic carbocycles. The molecule has 0 atom stereocenters. The van der Waals surface area contributed by atoms with Gasteiger partial charge in [0.05, 0.1) is 5.56 Å². The standard InChI is InChI=1S/C13H17N3O4/c1-8-7-10(3-4-11(8)12(18)19)16-13(20)15-6-5-14-9(2)17/h3-4,7H,5-6H2,1-2H3,(H,14,17)(H,18,19)(H2,15,16,20). The Morgan fingerprint density at radius 2 is 1.80 bits per heavy atom. The highest BCUT2D eigenvalue weighted by Gasteiger charge is 2.08. The molecule has 1 aromatic carbocycles. The third-order valence-electron chi connectivity index (χ3n) is 2.50. The molecule has 0 spiro atoms. The molecule has 0 radical (unpaired) electrons. The van der Waals surface area contributed by atoms with Crippen molar-refractivity contribution >= 4 is 23.6 Å². The number of nitrogens with one attached hydrogen (secondary N) is 3. The molecule has 3 amide bonds. The van der Waals surface area contributed by atoms with E-state index in [1.165, 1.54) is 19.1 Å². The monoisotopic (exact) mass is 279 g/mol. The molecule has 0 aromatic heterocycles.